The van der Waals surface area contributed by atoms with Crippen LogP contribution in [0.4, 0.5) is 0 Å². The molecule has 0 N–H and O–H groups in total. The maximum absolute atomic E-state index is 12.2. The molecule has 1 unspecified atom stereocenters. The van der Waals surface area contributed by atoms with Gasteiger partial charge in [-0.05, 0) is 19.9 Å². The smallest absolute Gasteiger partial charge is 0.281 e. The van der Waals surface area contributed by atoms with E-state index in [1.165, 1.54) is 22.7 Å². The predicted octanol–water partition coefficient (Wildman–Crippen LogP) is 0.273. The first-order chi connectivity index (χ1) is 9.30. The lowest BCUT2D eigenvalue weighted by Gasteiger charge is -2.33. The van der Waals surface area contributed by atoms with Crippen molar-refractivity contribution in [3.8, 4) is 0 Å². The van der Waals surface area contributed by atoms with Gasteiger partial charge < -0.3 is 4.74 Å². The Morgan fingerprint density at radius 2 is 1.90 bits per heavy atom. The molecule has 7 nitrogen and oxygen atoms in total. The van der Waals surface area contributed by atoms with Crippen molar-refractivity contribution < 1.29 is 13.2 Å². The quantitative estimate of drug-likeness (QED) is 0.801. The van der Waals surface area contributed by atoms with Crippen molar-refractivity contribution in [3.05, 3.63) is 23.3 Å². The van der Waals surface area contributed by atoms with Crippen molar-refractivity contribution in [2.45, 2.75) is 20.0 Å². The third-order valence-corrected chi connectivity index (χ3v) is 5.01. The fraction of sp³-hybridized carbons (Fsp3) is 0.667. The van der Waals surface area contributed by atoms with Crippen molar-refractivity contribution in [3.63, 3.8) is 0 Å². The molecule has 1 aliphatic heterocycles. The molecule has 0 saturated carbocycles. The third kappa shape index (κ3) is 3.14. The van der Waals surface area contributed by atoms with E-state index < -0.39 is 16.3 Å². The Kier molecular flexibility index (Phi) is 4.38. The minimum Gasteiger partial charge on any atom is -0.367 e. The van der Waals surface area contributed by atoms with E-state index >= 15 is 0 Å². The molecular weight excluding hydrogens is 280 g/mol. The molecule has 2 rings (SSSR count). The number of aromatic nitrogens is 2. The van der Waals surface area contributed by atoms with Crippen molar-refractivity contribution in [1.82, 2.24) is 18.6 Å². The molecule has 1 aromatic heterocycles. The van der Waals surface area contributed by atoms with E-state index in [-0.39, 0.29) is 6.54 Å². The maximum atomic E-state index is 12.2. The van der Waals surface area contributed by atoms with Gasteiger partial charge in [-0.2, -0.15) is 17.0 Å². The molecule has 2 heterocycles. The van der Waals surface area contributed by atoms with Gasteiger partial charge >= 0.3 is 0 Å². The van der Waals surface area contributed by atoms with E-state index in [1.54, 1.807) is 0 Å². The summed E-state index contributed by atoms with van der Waals surface area (Å²) >= 11 is 0. The van der Waals surface area contributed by atoms with E-state index in [9.17, 15) is 8.42 Å². The van der Waals surface area contributed by atoms with E-state index in [1.807, 2.05) is 19.9 Å². The van der Waals surface area contributed by atoms with Crippen LogP contribution in [0.2, 0.25) is 0 Å². The average molecular weight is 300 g/mol. The fourth-order valence-corrected chi connectivity index (χ4v) is 3.21. The molecule has 112 valence electrons. The zero-order valence-corrected chi connectivity index (χ0v) is 13.0. The lowest BCUT2D eigenvalue weighted by atomic mass is 10.2. The molecule has 0 radical (unpaired) electrons. The molecule has 0 aromatic carbocycles. The van der Waals surface area contributed by atoms with Crippen LogP contribution < -0.4 is 0 Å². The van der Waals surface area contributed by atoms with Gasteiger partial charge in [-0.3, -0.25) is 0 Å². The van der Waals surface area contributed by atoms with Gasteiger partial charge in [-0.1, -0.05) is 0 Å². The molecule has 8 heteroatoms. The SMILES string of the molecule is Cc1cc(C)nc(C2CN(S(=O)(=O)N(C)C)CCO2)n1. The highest BCUT2D eigenvalue weighted by Crippen LogP contribution is 2.22. The average Bonchev–Trinajstić information content (AvgIpc) is 2.37. The summed E-state index contributed by atoms with van der Waals surface area (Å²) in [6.45, 7) is 4.70. The van der Waals surface area contributed by atoms with Crippen molar-refractivity contribution in [2.24, 2.45) is 0 Å². The molecule has 1 fully saturated rings. The molecule has 0 aliphatic carbocycles. The Bertz CT molecular complexity index is 568. The van der Waals surface area contributed by atoms with Crippen LogP contribution >= 0.6 is 0 Å². The molecular formula is C12H20N4O3S. The Balaban J connectivity index is 2.23. The molecule has 1 saturated heterocycles. The number of ether oxygens (including phenoxy) is 1. The van der Waals surface area contributed by atoms with Gasteiger partial charge in [0.05, 0.1) is 6.61 Å². The highest BCUT2D eigenvalue weighted by molar-refractivity contribution is 7.86. The van der Waals surface area contributed by atoms with Crippen molar-refractivity contribution >= 4 is 10.2 Å². The fourth-order valence-electron chi connectivity index (χ4n) is 2.12. The number of hydrogen-bond donors (Lipinski definition) is 0. The Labute approximate surface area is 119 Å². The van der Waals surface area contributed by atoms with E-state index in [2.05, 4.69) is 9.97 Å². The summed E-state index contributed by atoms with van der Waals surface area (Å²) < 4.78 is 32.5. The summed E-state index contributed by atoms with van der Waals surface area (Å²) in [6.07, 6.45) is -0.419. The van der Waals surface area contributed by atoms with Gasteiger partial charge in [0.1, 0.15) is 6.10 Å². The van der Waals surface area contributed by atoms with Crippen LogP contribution in [-0.4, -0.2) is 60.8 Å². The monoisotopic (exact) mass is 300 g/mol. The normalized spacial score (nSPS) is 21.4. The summed E-state index contributed by atoms with van der Waals surface area (Å²) in [7, 11) is -0.388. The summed E-state index contributed by atoms with van der Waals surface area (Å²) in [6, 6.07) is 1.88. The van der Waals surface area contributed by atoms with Crippen LogP contribution in [0.25, 0.3) is 0 Å². The lowest BCUT2D eigenvalue weighted by Crippen LogP contribution is -2.47. The summed E-state index contributed by atoms with van der Waals surface area (Å²) in [5, 5.41) is 0. The molecule has 0 amide bonds. The minimum atomic E-state index is -3.43. The third-order valence-electron chi connectivity index (χ3n) is 3.10. The topological polar surface area (TPSA) is 75.6 Å². The van der Waals surface area contributed by atoms with Crippen LogP contribution in [0.3, 0.4) is 0 Å². The van der Waals surface area contributed by atoms with Crippen LogP contribution in [0.1, 0.15) is 23.3 Å². The molecule has 0 bridgehead atoms. The number of nitrogens with zero attached hydrogens (tertiary/aromatic N) is 4. The zero-order chi connectivity index (χ0) is 14.9. The highest BCUT2D eigenvalue weighted by Gasteiger charge is 2.32. The number of rotatable bonds is 3. The second-order valence-corrected chi connectivity index (χ2v) is 7.16. The molecule has 1 aliphatic rings. The number of aryl methyl sites for hydroxylation is 2. The Morgan fingerprint density at radius 1 is 1.30 bits per heavy atom. The van der Waals surface area contributed by atoms with Crippen LogP contribution in [0.15, 0.2) is 6.07 Å². The molecule has 1 atom stereocenters. The molecule has 20 heavy (non-hydrogen) atoms. The highest BCUT2D eigenvalue weighted by atomic mass is 32.2. The van der Waals surface area contributed by atoms with Gasteiger partial charge in [0.2, 0.25) is 0 Å². The largest absolute Gasteiger partial charge is 0.367 e. The van der Waals surface area contributed by atoms with Crippen LogP contribution in [0, 0.1) is 13.8 Å². The standard InChI is InChI=1S/C12H20N4O3S/c1-9-7-10(2)14-12(13-9)11-8-16(5-6-19-11)20(17,18)15(3)4/h7,11H,5-6,8H2,1-4H3. The maximum Gasteiger partial charge on any atom is 0.281 e. The second kappa shape index (κ2) is 5.72. The number of morpholine rings is 1. The Hall–Kier alpha value is -1.09. The van der Waals surface area contributed by atoms with Gasteiger partial charge in [0, 0.05) is 38.6 Å². The second-order valence-electron chi connectivity index (χ2n) is 5.02. The van der Waals surface area contributed by atoms with Gasteiger partial charge in [0.15, 0.2) is 5.82 Å². The number of hydrogen-bond acceptors (Lipinski definition) is 5. The minimum absolute atomic E-state index is 0.239. The van der Waals surface area contributed by atoms with Crippen molar-refractivity contribution in [2.75, 3.05) is 33.8 Å². The van der Waals surface area contributed by atoms with Gasteiger partial charge in [-0.15, -0.1) is 0 Å². The molecule has 1 aromatic rings. The van der Waals surface area contributed by atoms with E-state index in [0.717, 1.165) is 11.4 Å². The first kappa shape index (κ1) is 15.3. The van der Waals surface area contributed by atoms with E-state index in [0.29, 0.717) is 19.0 Å². The Morgan fingerprint density at radius 3 is 2.45 bits per heavy atom. The first-order valence-electron chi connectivity index (χ1n) is 6.42. The van der Waals surface area contributed by atoms with Gasteiger partial charge in [-0.25, -0.2) is 9.97 Å². The van der Waals surface area contributed by atoms with Crippen molar-refractivity contribution in [1.29, 1.82) is 0 Å². The van der Waals surface area contributed by atoms with Crippen LogP contribution in [0.5, 0.6) is 0 Å². The van der Waals surface area contributed by atoms with E-state index in [4.69, 9.17) is 4.74 Å². The first-order valence-corrected chi connectivity index (χ1v) is 7.82. The zero-order valence-electron chi connectivity index (χ0n) is 12.2. The molecule has 0 spiro atoms. The predicted molar refractivity (Wildman–Crippen MR) is 74.4 cm³/mol. The lowest BCUT2D eigenvalue weighted by molar-refractivity contribution is -0.00896. The van der Waals surface area contributed by atoms with Crippen LogP contribution in [-0.2, 0) is 14.9 Å². The summed E-state index contributed by atoms with van der Waals surface area (Å²) in [5.74, 6) is 0.543. The summed E-state index contributed by atoms with van der Waals surface area (Å²) in [5.41, 5.74) is 1.70. The summed E-state index contributed by atoms with van der Waals surface area (Å²) in [4.78, 5) is 8.70. The van der Waals surface area contributed by atoms with Gasteiger partial charge in [0.25, 0.3) is 10.2 Å².